The molecule has 0 aliphatic carbocycles. The van der Waals surface area contributed by atoms with Crippen molar-refractivity contribution in [1.82, 2.24) is 0 Å². The molecular formula is C15H11N3O5S+2. The lowest BCUT2D eigenvalue weighted by molar-refractivity contribution is -0.969. The van der Waals surface area contributed by atoms with Crippen molar-refractivity contribution < 1.29 is 25.4 Å². The van der Waals surface area contributed by atoms with Gasteiger partial charge in [-0.25, -0.2) is 15.4 Å². The van der Waals surface area contributed by atoms with Crippen LogP contribution in [-0.2, 0) is 0 Å². The molecule has 0 radical (unpaired) electrons. The summed E-state index contributed by atoms with van der Waals surface area (Å²) >= 11 is 1.65. The molecule has 120 valence electrons. The molecule has 2 aliphatic heterocycles. The third kappa shape index (κ3) is 2.79. The normalized spacial score (nSPS) is 10.5. The van der Waals surface area contributed by atoms with Crippen LogP contribution in [0.5, 0.6) is 0 Å². The summed E-state index contributed by atoms with van der Waals surface area (Å²) < 4.78 is 1.20. The van der Waals surface area contributed by atoms with Gasteiger partial charge >= 0.3 is 5.09 Å². The maximum atomic E-state index is 10.9. The van der Waals surface area contributed by atoms with E-state index in [-0.39, 0.29) is 10.6 Å². The highest BCUT2D eigenvalue weighted by molar-refractivity contribution is 7.17. The van der Waals surface area contributed by atoms with Gasteiger partial charge in [0.15, 0.2) is 0 Å². The van der Waals surface area contributed by atoms with Gasteiger partial charge in [0.2, 0.25) is 11.2 Å². The number of nitro benzene ring substituents is 1. The second-order valence-electron chi connectivity index (χ2n) is 4.89. The van der Waals surface area contributed by atoms with Crippen LogP contribution in [0.3, 0.4) is 0 Å². The molecule has 0 aromatic heterocycles. The van der Waals surface area contributed by atoms with Gasteiger partial charge in [0.05, 0.1) is 21.3 Å². The zero-order chi connectivity index (χ0) is 17.3. The van der Waals surface area contributed by atoms with Crippen molar-refractivity contribution in [2.75, 3.05) is 0 Å². The second kappa shape index (κ2) is 6.05. The van der Waals surface area contributed by atoms with E-state index in [1.54, 1.807) is 23.5 Å². The van der Waals surface area contributed by atoms with Gasteiger partial charge in [0, 0.05) is 28.3 Å². The summed E-state index contributed by atoms with van der Waals surface area (Å²) in [6, 6.07) is 13.1. The molecule has 2 heterocycles. The Hall–Kier alpha value is -3.33. The van der Waals surface area contributed by atoms with Gasteiger partial charge in [-0.15, -0.1) is 11.3 Å². The molecule has 3 N–H and O–H groups in total. The van der Waals surface area contributed by atoms with E-state index in [2.05, 4.69) is 22.5 Å². The Bertz CT molecular complexity index is 1040. The summed E-state index contributed by atoms with van der Waals surface area (Å²) in [6.45, 7) is 0. The Morgan fingerprint density at radius 3 is 2.46 bits per heavy atom. The van der Waals surface area contributed by atoms with Crippen molar-refractivity contribution in [2.24, 2.45) is 0 Å². The van der Waals surface area contributed by atoms with Crippen LogP contribution in [0.1, 0.15) is 0 Å². The number of fused-ring (bicyclic) bond motifs is 5. The van der Waals surface area contributed by atoms with Crippen molar-refractivity contribution in [3.63, 3.8) is 0 Å². The number of hydrogen-bond acceptors (Lipinski definition) is 4. The predicted octanol–water partition coefficient (Wildman–Crippen LogP) is 3.43. The highest BCUT2D eigenvalue weighted by Crippen LogP contribution is 2.37. The van der Waals surface area contributed by atoms with Crippen LogP contribution >= 0.6 is 11.3 Å². The molecule has 2 aromatic carbocycles. The standard InChI is InChI=1S/C15H8N2O2S.H2NO3/c18-17(19)9-5-6-13-11(7-9)12-8-20-14-4-2-1-3-10(14)15(12)16-13;2-1(3)4/h1-8H;(H2,2,3,4)/q;+1/p+1. The zero-order valence-corrected chi connectivity index (χ0v) is 12.9. The number of aromatic nitrogens is 1. The number of nitrogens with one attached hydrogen (secondary N) is 1. The summed E-state index contributed by atoms with van der Waals surface area (Å²) in [4.78, 5) is 22.4. The Morgan fingerprint density at radius 2 is 1.75 bits per heavy atom. The molecule has 24 heavy (non-hydrogen) atoms. The molecule has 0 fully saturated rings. The molecule has 0 bridgehead atoms. The first-order valence-corrected chi connectivity index (χ1v) is 7.59. The largest absolute Gasteiger partial charge is 0.472 e. The van der Waals surface area contributed by atoms with Gasteiger partial charge in [-0.05, 0) is 12.1 Å². The number of hydrogen-bond donors (Lipinski definition) is 2. The van der Waals surface area contributed by atoms with Crippen molar-refractivity contribution in [2.45, 2.75) is 0 Å². The van der Waals surface area contributed by atoms with E-state index >= 15 is 0 Å². The molecule has 0 amide bonds. The lowest BCUT2D eigenvalue weighted by Crippen LogP contribution is -2.00. The van der Waals surface area contributed by atoms with Crippen molar-refractivity contribution >= 4 is 38.0 Å². The summed E-state index contributed by atoms with van der Waals surface area (Å²) in [5, 5.41) is 27.5. The average Bonchev–Trinajstić information content (AvgIpc) is 2.92. The Labute approximate surface area is 138 Å². The third-order valence-corrected chi connectivity index (χ3v) is 4.46. The van der Waals surface area contributed by atoms with Crippen molar-refractivity contribution in [1.29, 1.82) is 0 Å². The first kappa shape index (κ1) is 15.6. The molecule has 0 atom stereocenters. The number of nitro groups is 1. The number of aromatic amines is 1. The fourth-order valence-corrected chi connectivity index (χ4v) is 3.49. The predicted molar refractivity (Wildman–Crippen MR) is 86.4 cm³/mol. The van der Waals surface area contributed by atoms with Crippen LogP contribution in [0.15, 0.2) is 47.8 Å². The van der Waals surface area contributed by atoms with Gasteiger partial charge in [-0.2, -0.15) is 0 Å². The molecule has 0 saturated carbocycles. The Morgan fingerprint density at radius 1 is 1.04 bits per heavy atom. The molecule has 8 nitrogen and oxygen atoms in total. The average molecular weight is 345 g/mol. The van der Waals surface area contributed by atoms with Crippen LogP contribution in [0.2, 0.25) is 0 Å². The van der Waals surface area contributed by atoms with E-state index in [0.717, 1.165) is 27.5 Å². The smallest absolute Gasteiger partial charge is 0.258 e. The lowest BCUT2D eigenvalue weighted by atomic mass is 10.1. The minimum Gasteiger partial charge on any atom is -0.258 e. The minimum atomic E-state index is -1.25. The van der Waals surface area contributed by atoms with Crippen LogP contribution in [0, 0.1) is 15.0 Å². The third-order valence-electron chi connectivity index (χ3n) is 3.49. The summed E-state index contributed by atoms with van der Waals surface area (Å²) in [7, 11) is 0. The monoisotopic (exact) mass is 345 g/mol. The van der Waals surface area contributed by atoms with E-state index in [1.807, 2.05) is 12.1 Å². The molecule has 4 rings (SSSR count). The van der Waals surface area contributed by atoms with Crippen LogP contribution < -0.4 is 4.98 Å². The van der Waals surface area contributed by atoms with Gasteiger partial charge in [0.1, 0.15) is 4.91 Å². The fraction of sp³-hybridized carbons (Fsp3) is 0. The van der Waals surface area contributed by atoms with Crippen molar-refractivity contribution in [3.05, 3.63) is 62.9 Å². The molecule has 0 saturated heterocycles. The highest BCUT2D eigenvalue weighted by atomic mass is 32.1. The summed E-state index contributed by atoms with van der Waals surface area (Å²) in [6.07, 6.45) is 0. The number of non-ortho nitro benzene ring substituents is 1. The minimum absolute atomic E-state index is 0.122. The van der Waals surface area contributed by atoms with E-state index in [0.29, 0.717) is 0 Å². The Kier molecular flexibility index (Phi) is 3.92. The first-order valence-electron chi connectivity index (χ1n) is 6.72. The quantitative estimate of drug-likeness (QED) is 0.405. The van der Waals surface area contributed by atoms with Crippen LogP contribution in [0.4, 0.5) is 5.69 Å². The van der Waals surface area contributed by atoms with Gasteiger partial charge in [-0.1, -0.05) is 12.1 Å². The van der Waals surface area contributed by atoms with E-state index < -0.39 is 5.09 Å². The van der Waals surface area contributed by atoms with Crippen molar-refractivity contribution in [3.8, 4) is 11.3 Å². The zero-order valence-electron chi connectivity index (χ0n) is 12.0. The summed E-state index contributed by atoms with van der Waals surface area (Å²) in [5.41, 5.74) is 3.12. The van der Waals surface area contributed by atoms with E-state index in [1.165, 1.54) is 10.8 Å². The maximum Gasteiger partial charge on any atom is 0.472 e. The Balaban J connectivity index is 0.000000383. The number of nitrogens with zero attached hydrogens (tertiary/aromatic N) is 2. The highest BCUT2D eigenvalue weighted by Gasteiger charge is 2.23. The SMILES string of the molecule is O=[N+](O)O.O=[N+]([O-])c1ccc2[nH+]c3c4ccccc4scc-3c2c1. The molecule has 0 spiro atoms. The first-order chi connectivity index (χ1) is 11.5. The van der Waals surface area contributed by atoms with Crippen LogP contribution in [0.25, 0.3) is 32.2 Å². The van der Waals surface area contributed by atoms with Gasteiger partial charge in [0.25, 0.3) is 5.69 Å². The van der Waals surface area contributed by atoms with E-state index in [4.69, 9.17) is 15.3 Å². The second-order valence-corrected chi connectivity index (χ2v) is 5.80. The molecule has 2 aliphatic rings. The molecular weight excluding hydrogens is 334 g/mol. The van der Waals surface area contributed by atoms with E-state index in [9.17, 15) is 10.1 Å². The molecule has 9 heteroatoms. The molecule has 0 unspecified atom stereocenters. The number of rotatable bonds is 1. The lowest BCUT2D eigenvalue weighted by Gasteiger charge is -1.98. The summed E-state index contributed by atoms with van der Waals surface area (Å²) in [5.74, 6) is 0. The number of benzene rings is 2. The number of H-pyrrole nitrogens is 1. The molecule has 2 aromatic rings. The fourth-order valence-electron chi connectivity index (χ4n) is 2.55. The van der Waals surface area contributed by atoms with Gasteiger partial charge in [-0.3, -0.25) is 10.1 Å². The maximum absolute atomic E-state index is 10.9. The van der Waals surface area contributed by atoms with Crippen LogP contribution in [-0.4, -0.2) is 20.4 Å². The topological polar surface area (TPSA) is 118 Å². The van der Waals surface area contributed by atoms with Gasteiger partial charge < -0.3 is 0 Å².